The van der Waals surface area contributed by atoms with Crippen LogP contribution in [-0.2, 0) is 4.74 Å². The molecule has 0 saturated heterocycles. The van der Waals surface area contributed by atoms with E-state index in [4.69, 9.17) is 11.6 Å². The van der Waals surface area contributed by atoms with Gasteiger partial charge in [-0.25, -0.2) is 4.79 Å². The van der Waals surface area contributed by atoms with E-state index in [0.717, 1.165) is 7.14 Å². The molecule has 0 aromatic heterocycles. The Morgan fingerprint density at radius 3 is 2.62 bits per heavy atom. The van der Waals surface area contributed by atoms with Crippen LogP contribution in [0, 0.1) is 7.14 Å². The third kappa shape index (κ3) is 2.47. The molecule has 0 amide bonds. The molecule has 1 aromatic rings. The zero-order valence-electron chi connectivity index (χ0n) is 6.61. The predicted molar refractivity (Wildman–Crippen MR) is 68.2 cm³/mol. The molecule has 0 unspecified atom stereocenters. The largest absolute Gasteiger partial charge is 0.465 e. The van der Waals surface area contributed by atoms with Gasteiger partial charge in [-0.2, -0.15) is 0 Å². The van der Waals surface area contributed by atoms with Gasteiger partial charge in [0.05, 0.1) is 17.7 Å². The van der Waals surface area contributed by atoms with Gasteiger partial charge in [-0.3, -0.25) is 0 Å². The summed E-state index contributed by atoms with van der Waals surface area (Å²) in [6.07, 6.45) is 0. The van der Waals surface area contributed by atoms with Crippen LogP contribution < -0.4 is 0 Å². The van der Waals surface area contributed by atoms with E-state index in [1.54, 1.807) is 6.07 Å². The molecule has 0 aliphatic rings. The van der Waals surface area contributed by atoms with Crippen molar-refractivity contribution in [2.75, 3.05) is 7.11 Å². The lowest BCUT2D eigenvalue weighted by Gasteiger charge is -2.04. The van der Waals surface area contributed by atoms with E-state index >= 15 is 0 Å². The molecular formula is C8H5ClI2O2. The van der Waals surface area contributed by atoms with Crippen LogP contribution >= 0.6 is 56.8 Å². The molecule has 0 fully saturated rings. The third-order valence-corrected chi connectivity index (χ3v) is 5.20. The van der Waals surface area contributed by atoms with E-state index in [0.29, 0.717) is 10.6 Å². The smallest absolute Gasteiger partial charge is 0.339 e. The van der Waals surface area contributed by atoms with Crippen molar-refractivity contribution in [3.05, 3.63) is 29.9 Å². The van der Waals surface area contributed by atoms with Crippen molar-refractivity contribution in [3.8, 4) is 0 Å². The van der Waals surface area contributed by atoms with E-state index in [-0.39, 0.29) is 0 Å². The van der Waals surface area contributed by atoms with Crippen LogP contribution in [0.4, 0.5) is 0 Å². The van der Waals surface area contributed by atoms with E-state index < -0.39 is 5.97 Å². The Balaban J connectivity index is 3.26. The average Bonchev–Trinajstić information content (AvgIpc) is 2.13. The van der Waals surface area contributed by atoms with Crippen molar-refractivity contribution in [2.24, 2.45) is 0 Å². The van der Waals surface area contributed by atoms with Crippen LogP contribution in [0.3, 0.4) is 0 Å². The van der Waals surface area contributed by atoms with E-state index in [2.05, 4.69) is 49.9 Å². The van der Waals surface area contributed by atoms with Crippen molar-refractivity contribution in [1.29, 1.82) is 0 Å². The summed E-state index contributed by atoms with van der Waals surface area (Å²) in [6.45, 7) is 0. The number of rotatable bonds is 1. The number of hydrogen-bond donors (Lipinski definition) is 0. The molecule has 2 nitrogen and oxygen atoms in total. The van der Waals surface area contributed by atoms with Crippen molar-refractivity contribution in [1.82, 2.24) is 0 Å². The molecule has 0 atom stereocenters. The fraction of sp³-hybridized carbons (Fsp3) is 0.125. The number of carbonyl (C=O) groups excluding carboxylic acids is 1. The second-order valence-electron chi connectivity index (χ2n) is 2.21. The lowest BCUT2D eigenvalue weighted by Crippen LogP contribution is -2.03. The number of esters is 1. The second-order valence-corrected chi connectivity index (χ2v) is 4.83. The van der Waals surface area contributed by atoms with Gasteiger partial charge < -0.3 is 4.74 Å². The Morgan fingerprint density at radius 1 is 1.46 bits per heavy atom. The SMILES string of the molecule is COC(=O)c1ccc(I)c(I)c1Cl. The summed E-state index contributed by atoms with van der Waals surface area (Å²) in [5, 5.41) is 0.458. The minimum Gasteiger partial charge on any atom is -0.465 e. The quantitative estimate of drug-likeness (QED) is 0.394. The van der Waals surface area contributed by atoms with Crippen LogP contribution in [-0.4, -0.2) is 13.1 Å². The van der Waals surface area contributed by atoms with Crippen LogP contribution in [0.15, 0.2) is 12.1 Å². The second kappa shape index (κ2) is 4.79. The molecular weight excluding hydrogens is 417 g/mol. The number of methoxy groups -OCH3 is 1. The fourth-order valence-electron chi connectivity index (χ4n) is 0.794. The molecule has 5 heteroatoms. The normalized spacial score (nSPS) is 9.85. The number of benzene rings is 1. The van der Waals surface area contributed by atoms with Gasteiger partial charge in [0, 0.05) is 7.14 Å². The van der Waals surface area contributed by atoms with Gasteiger partial charge in [0.15, 0.2) is 0 Å². The van der Waals surface area contributed by atoms with Crippen LogP contribution in [0.25, 0.3) is 0 Å². The van der Waals surface area contributed by atoms with Gasteiger partial charge in [0.1, 0.15) is 0 Å². The van der Waals surface area contributed by atoms with Gasteiger partial charge in [-0.1, -0.05) is 11.6 Å². The first kappa shape index (κ1) is 11.5. The molecule has 1 rings (SSSR count). The predicted octanol–water partition coefficient (Wildman–Crippen LogP) is 3.34. The van der Waals surface area contributed by atoms with Gasteiger partial charge in [0.25, 0.3) is 0 Å². The van der Waals surface area contributed by atoms with Gasteiger partial charge in [0.2, 0.25) is 0 Å². The van der Waals surface area contributed by atoms with Crippen molar-refractivity contribution in [2.45, 2.75) is 0 Å². The standard InChI is InChI=1S/C8H5ClI2O2/c1-13-8(12)4-2-3-5(10)7(11)6(4)9/h2-3H,1H3. The van der Waals surface area contributed by atoms with Crippen LogP contribution in [0.5, 0.6) is 0 Å². The first-order valence-electron chi connectivity index (χ1n) is 3.29. The molecule has 70 valence electrons. The zero-order chi connectivity index (χ0) is 10.0. The number of halogens is 3. The van der Waals surface area contributed by atoms with E-state index in [1.165, 1.54) is 7.11 Å². The summed E-state index contributed by atoms with van der Waals surface area (Å²) in [5.41, 5.74) is 0.411. The first-order valence-corrected chi connectivity index (χ1v) is 5.83. The molecule has 1 aromatic carbocycles. The topological polar surface area (TPSA) is 26.3 Å². The third-order valence-electron chi connectivity index (χ3n) is 1.44. The fourth-order valence-corrected chi connectivity index (χ4v) is 2.11. The Bertz CT molecular complexity index is 352. The Kier molecular flexibility index (Phi) is 4.24. The molecule has 0 radical (unpaired) electrons. The van der Waals surface area contributed by atoms with Crippen molar-refractivity contribution in [3.63, 3.8) is 0 Å². The lowest BCUT2D eigenvalue weighted by molar-refractivity contribution is 0.0601. The maximum Gasteiger partial charge on any atom is 0.339 e. The Hall–Kier alpha value is 0.440. The zero-order valence-corrected chi connectivity index (χ0v) is 11.7. The summed E-state index contributed by atoms with van der Waals surface area (Å²) < 4.78 is 6.48. The first-order chi connectivity index (χ1) is 6.07. The molecule has 13 heavy (non-hydrogen) atoms. The molecule has 0 heterocycles. The minimum atomic E-state index is -0.403. The molecule has 0 aliphatic heterocycles. The lowest BCUT2D eigenvalue weighted by atomic mass is 10.2. The van der Waals surface area contributed by atoms with Crippen LogP contribution in [0.1, 0.15) is 10.4 Å². The maximum atomic E-state index is 11.2. The van der Waals surface area contributed by atoms with Crippen molar-refractivity contribution >= 4 is 62.8 Å². The molecule has 0 aliphatic carbocycles. The highest BCUT2D eigenvalue weighted by Crippen LogP contribution is 2.27. The monoisotopic (exact) mass is 422 g/mol. The summed E-state index contributed by atoms with van der Waals surface area (Å²) in [4.78, 5) is 11.2. The number of ether oxygens (including phenoxy) is 1. The highest BCUT2D eigenvalue weighted by Gasteiger charge is 2.14. The summed E-state index contributed by atoms with van der Waals surface area (Å²) in [6, 6.07) is 3.50. The van der Waals surface area contributed by atoms with Gasteiger partial charge in [-0.05, 0) is 57.3 Å². The molecule has 0 spiro atoms. The van der Waals surface area contributed by atoms with E-state index in [1.807, 2.05) is 6.07 Å². The van der Waals surface area contributed by atoms with Gasteiger partial charge >= 0.3 is 5.97 Å². The number of carbonyl (C=O) groups is 1. The summed E-state index contributed by atoms with van der Waals surface area (Å²) in [5.74, 6) is -0.403. The highest BCUT2D eigenvalue weighted by molar-refractivity contribution is 14.1. The molecule has 0 N–H and O–H groups in total. The molecule has 0 bridgehead atoms. The van der Waals surface area contributed by atoms with Gasteiger partial charge in [-0.15, -0.1) is 0 Å². The van der Waals surface area contributed by atoms with Crippen molar-refractivity contribution < 1.29 is 9.53 Å². The maximum absolute atomic E-state index is 11.2. The van der Waals surface area contributed by atoms with E-state index in [9.17, 15) is 4.79 Å². The highest BCUT2D eigenvalue weighted by atomic mass is 127. The summed E-state index contributed by atoms with van der Waals surface area (Å²) in [7, 11) is 1.34. The van der Waals surface area contributed by atoms with Crippen LogP contribution in [0.2, 0.25) is 5.02 Å². The molecule has 0 saturated carbocycles. The minimum absolute atomic E-state index is 0.403. The summed E-state index contributed by atoms with van der Waals surface area (Å²) >= 11 is 10.2. The Labute approximate surface area is 108 Å². The average molecular weight is 422 g/mol. The number of hydrogen-bond acceptors (Lipinski definition) is 2. The Morgan fingerprint density at radius 2 is 2.08 bits per heavy atom.